The van der Waals surface area contributed by atoms with E-state index in [2.05, 4.69) is 5.32 Å². The molecule has 1 unspecified atom stereocenters. The zero-order chi connectivity index (χ0) is 14.7. The van der Waals surface area contributed by atoms with Crippen molar-refractivity contribution in [2.45, 2.75) is 19.5 Å². The summed E-state index contributed by atoms with van der Waals surface area (Å²) in [6, 6.07) is 9.18. The minimum Gasteiger partial charge on any atom is -0.366 e. The van der Waals surface area contributed by atoms with Crippen LogP contribution < -0.4 is 11.1 Å². The van der Waals surface area contributed by atoms with Gasteiger partial charge in [-0.05, 0) is 36.2 Å². The first-order chi connectivity index (χ1) is 9.47. The Kier molecular flexibility index (Phi) is 5.05. The molecule has 0 saturated heterocycles. The van der Waals surface area contributed by atoms with E-state index in [0.29, 0.717) is 20.8 Å². The van der Waals surface area contributed by atoms with Gasteiger partial charge in [0, 0.05) is 18.2 Å². The Hall–Kier alpha value is -1.07. The number of carbonyl (C=O) groups is 1. The molecule has 1 heterocycles. The van der Waals surface area contributed by atoms with Crippen molar-refractivity contribution in [2.75, 3.05) is 0 Å². The molecule has 6 heteroatoms. The van der Waals surface area contributed by atoms with E-state index in [-0.39, 0.29) is 6.04 Å². The number of nitrogens with two attached hydrogens (primary N) is 1. The van der Waals surface area contributed by atoms with Crippen molar-refractivity contribution in [3.05, 3.63) is 55.7 Å². The third-order valence-electron chi connectivity index (χ3n) is 2.97. The molecule has 20 heavy (non-hydrogen) atoms. The van der Waals surface area contributed by atoms with Crippen molar-refractivity contribution in [1.29, 1.82) is 0 Å². The van der Waals surface area contributed by atoms with Gasteiger partial charge in [0.25, 0.3) is 0 Å². The number of benzene rings is 1. The molecule has 1 atom stereocenters. The molecule has 0 fully saturated rings. The zero-order valence-corrected chi connectivity index (χ0v) is 13.1. The van der Waals surface area contributed by atoms with Crippen LogP contribution in [0.4, 0.5) is 0 Å². The number of halogens is 2. The Balaban J connectivity index is 2.03. The number of primary amides is 1. The van der Waals surface area contributed by atoms with Crippen LogP contribution in [0.1, 0.15) is 34.5 Å². The van der Waals surface area contributed by atoms with Gasteiger partial charge in [0.2, 0.25) is 5.91 Å². The van der Waals surface area contributed by atoms with Gasteiger partial charge < -0.3 is 11.1 Å². The predicted molar refractivity (Wildman–Crippen MR) is 84.6 cm³/mol. The van der Waals surface area contributed by atoms with E-state index in [1.165, 1.54) is 11.3 Å². The quantitative estimate of drug-likeness (QED) is 0.871. The number of amides is 1. The molecule has 0 spiro atoms. The SMILES string of the molecule is CC(NCc1cccc(C(N)=O)c1)c1cc(Cl)sc1Cl. The highest BCUT2D eigenvalue weighted by Gasteiger charge is 2.13. The Labute approximate surface area is 131 Å². The second kappa shape index (κ2) is 6.59. The van der Waals surface area contributed by atoms with Crippen molar-refractivity contribution in [3.8, 4) is 0 Å². The molecule has 2 aromatic rings. The smallest absolute Gasteiger partial charge is 0.248 e. The van der Waals surface area contributed by atoms with Gasteiger partial charge in [-0.15, -0.1) is 11.3 Å². The summed E-state index contributed by atoms with van der Waals surface area (Å²) in [6.07, 6.45) is 0. The van der Waals surface area contributed by atoms with Gasteiger partial charge in [-0.1, -0.05) is 35.3 Å². The summed E-state index contributed by atoms with van der Waals surface area (Å²) in [5, 5.41) is 3.35. The fraction of sp³-hybridized carbons (Fsp3) is 0.214. The topological polar surface area (TPSA) is 55.1 Å². The fourth-order valence-corrected chi connectivity index (χ4v) is 3.51. The molecule has 0 radical (unpaired) electrons. The monoisotopic (exact) mass is 328 g/mol. The van der Waals surface area contributed by atoms with E-state index in [9.17, 15) is 4.79 Å². The van der Waals surface area contributed by atoms with Gasteiger partial charge in [0.15, 0.2) is 0 Å². The van der Waals surface area contributed by atoms with Crippen molar-refractivity contribution in [2.24, 2.45) is 5.73 Å². The first kappa shape index (κ1) is 15.3. The van der Waals surface area contributed by atoms with Crippen LogP contribution in [0.5, 0.6) is 0 Å². The summed E-state index contributed by atoms with van der Waals surface area (Å²) in [5.41, 5.74) is 7.74. The molecule has 1 aromatic carbocycles. The van der Waals surface area contributed by atoms with Crippen LogP contribution in [-0.4, -0.2) is 5.91 Å². The molecule has 0 aliphatic heterocycles. The standard InChI is InChI=1S/C14H14Cl2N2OS/c1-8(11-6-12(15)20-13(11)16)18-7-9-3-2-4-10(5-9)14(17)19/h2-6,8,18H,7H2,1H3,(H2,17,19). The highest BCUT2D eigenvalue weighted by atomic mass is 35.5. The summed E-state index contributed by atoms with van der Waals surface area (Å²) < 4.78 is 1.37. The lowest BCUT2D eigenvalue weighted by atomic mass is 10.1. The summed E-state index contributed by atoms with van der Waals surface area (Å²) in [6.45, 7) is 2.63. The van der Waals surface area contributed by atoms with Crippen molar-refractivity contribution in [1.82, 2.24) is 5.32 Å². The van der Waals surface area contributed by atoms with Crippen molar-refractivity contribution < 1.29 is 4.79 Å². The highest BCUT2D eigenvalue weighted by molar-refractivity contribution is 7.20. The molecule has 0 aliphatic rings. The Morgan fingerprint density at radius 2 is 2.15 bits per heavy atom. The van der Waals surface area contributed by atoms with Crippen LogP contribution in [-0.2, 0) is 6.54 Å². The summed E-state index contributed by atoms with van der Waals surface area (Å²) >= 11 is 13.4. The molecule has 106 valence electrons. The van der Waals surface area contributed by atoms with Crippen LogP contribution in [0.25, 0.3) is 0 Å². The number of hydrogen-bond acceptors (Lipinski definition) is 3. The van der Waals surface area contributed by atoms with Crippen LogP contribution in [0.2, 0.25) is 8.67 Å². The molecule has 1 amide bonds. The molecule has 3 N–H and O–H groups in total. The van der Waals surface area contributed by atoms with Gasteiger partial charge in [0.1, 0.15) is 0 Å². The predicted octanol–water partition coefficient (Wildman–Crippen LogP) is 4.00. The van der Waals surface area contributed by atoms with Crippen LogP contribution >= 0.6 is 34.5 Å². The van der Waals surface area contributed by atoms with Crippen molar-refractivity contribution >= 4 is 40.4 Å². The maximum atomic E-state index is 11.1. The second-order valence-corrected chi connectivity index (χ2v) is 6.73. The van der Waals surface area contributed by atoms with Gasteiger partial charge in [-0.3, -0.25) is 4.79 Å². The molecule has 0 bridgehead atoms. The van der Waals surface area contributed by atoms with E-state index in [1.54, 1.807) is 12.1 Å². The molecule has 0 aliphatic carbocycles. The third-order valence-corrected chi connectivity index (χ3v) is 4.49. The number of thiophene rings is 1. The Morgan fingerprint density at radius 1 is 1.40 bits per heavy atom. The lowest BCUT2D eigenvalue weighted by Gasteiger charge is -2.13. The second-order valence-electron chi connectivity index (χ2n) is 4.45. The van der Waals surface area contributed by atoms with Crippen LogP contribution in [0, 0.1) is 0 Å². The van der Waals surface area contributed by atoms with Crippen LogP contribution in [0.15, 0.2) is 30.3 Å². The van der Waals surface area contributed by atoms with Crippen LogP contribution in [0.3, 0.4) is 0 Å². The largest absolute Gasteiger partial charge is 0.366 e. The molecular formula is C14H14Cl2N2OS. The van der Waals surface area contributed by atoms with Gasteiger partial charge >= 0.3 is 0 Å². The lowest BCUT2D eigenvalue weighted by molar-refractivity contribution is 0.1000. The maximum Gasteiger partial charge on any atom is 0.248 e. The molecule has 3 nitrogen and oxygen atoms in total. The Bertz CT molecular complexity index is 627. The van der Waals surface area contributed by atoms with Gasteiger partial charge in [-0.2, -0.15) is 0 Å². The molecule has 0 saturated carbocycles. The summed E-state index contributed by atoms with van der Waals surface area (Å²) in [4.78, 5) is 11.1. The number of hydrogen-bond donors (Lipinski definition) is 2. The van der Waals surface area contributed by atoms with E-state index in [0.717, 1.165) is 11.1 Å². The average molecular weight is 329 g/mol. The average Bonchev–Trinajstić information content (AvgIpc) is 2.75. The zero-order valence-electron chi connectivity index (χ0n) is 10.8. The van der Waals surface area contributed by atoms with Gasteiger partial charge in [-0.25, -0.2) is 0 Å². The fourth-order valence-electron chi connectivity index (χ4n) is 1.86. The molecular weight excluding hydrogens is 315 g/mol. The van der Waals surface area contributed by atoms with E-state index in [1.807, 2.05) is 25.1 Å². The van der Waals surface area contributed by atoms with Crippen molar-refractivity contribution in [3.63, 3.8) is 0 Å². The molecule has 2 rings (SSSR count). The highest BCUT2D eigenvalue weighted by Crippen LogP contribution is 2.34. The van der Waals surface area contributed by atoms with E-state index < -0.39 is 5.91 Å². The summed E-state index contributed by atoms with van der Waals surface area (Å²) in [7, 11) is 0. The normalized spacial score (nSPS) is 12.3. The first-order valence-electron chi connectivity index (χ1n) is 6.04. The van der Waals surface area contributed by atoms with E-state index >= 15 is 0 Å². The molecule has 1 aromatic heterocycles. The summed E-state index contributed by atoms with van der Waals surface area (Å²) in [5.74, 6) is -0.424. The maximum absolute atomic E-state index is 11.1. The number of rotatable bonds is 5. The number of nitrogens with one attached hydrogen (secondary N) is 1. The Morgan fingerprint density at radius 3 is 2.75 bits per heavy atom. The third kappa shape index (κ3) is 3.73. The first-order valence-corrected chi connectivity index (χ1v) is 7.61. The lowest BCUT2D eigenvalue weighted by Crippen LogP contribution is -2.18. The minimum atomic E-state index is -0.424. The minimum absolute atomic E-state index is 0.0727. The van der Waals surface area contributed by atoms with Gasteiger partial charge in [0.05, 0.1) is 8.67 Å². The van der Waals surface area contributed by atoms with E-state index in [4.69, 9.17) is 28.9 Å². The number of carbonyl (C=O) groups excluding carboxylic acids is 1.